The van der Waals surface area contributed by atoms with Crippen LogP contribution in [0.25, 0.3) is 10.9 Å². The topological polar surface area (TPSA) is 70.2 Å². The Labute approximate surface area is 146 Å². The van der Waals surface area contributed by atoms with Crippen molar-refractivity contribution in [2.45, 2.75) is 20.0 Å². The second-order valence-corrected chi connectivity index (χ2v) is 6.73. The molecular weight excluding hydrogens is 349 g/mol. The molecule has 0 radical (unpaired) electrons. The van der Waals surface area contributed by atoms with E-state index in [4.69, 9.17) is 0 Å². The van der Waals surface area contributed by atoms with Crippen molar-refractivity contribution >= 4 is 22.6 Å². The molecule has 138 valence electrons. The zero-order valence-electron chi connectivity index (χ0n) is 14.2. The molecule has 26 heavy (non-hydrogen) atoms. The monoisotopic (exact) mass is 366 g/mol. The van der Waals surface area contributed by atoms with Crippen LogP contribution in [0.1, 0.15) is 29.8 Å². The van der Waals surface area contributed by atoms with Gasteiger partial charge in [-0.25, -0.2) is 0 Å². The number of hydrogen-bond donors (Lipinski definition) is 1. The third-order valence-electron chi connectivity index (χ3n) is 4.65. The number of fused-ring (bicyclic) bond motifs is 1. The molecule has 3 rings (SSSR count). The molecule has 1 aromatic carbocycles. The molecule has 1 aliphatic rings. The molecule has 5 nitrogen and oxygen atoms in total. The highest BCUT2D eigenvalue weighted by molar-refractivity contribution is 5.98. The largest absolute Gasteiger partial charge is 0.416 e. The molecule has 2 heterocycles. The standard InChI is InChI=1S/C18H17F3N2O3/c1-9-7-23(8-10(2)15(9)24)17(26)13-5-11-3-4-12(18(19,20)21)6-14(11)22-16(13)25/h3-6,9-10H,7-8H2,1-2H3,(H,22,25)/t9-,10-/m1/s1. The minimum atomic E-state index is -4.52. The van der Waals surface area contributed by atoms with Crippen molar-refractivity contribution < 1.29 is 22.8 Å². The number of Topliss-reactive ketones (excluding diaryl/α,β-unsaturated/α-hetero) is 1. The Kier molecular flexibility index (Phi) is 4.37. The Hall–Kier alpha value is -2.64. The molecule has 2 aromatic rings. The average Bonchev–Trinajstić information content (AvgIpc) is 2.56. The highest BCUT2D eigenvalue weighted by Gasteiger charge is 2.34. The first kappa shape index (κ1) is 18.2. The van der Waals surface area contributed by atoms with E-state index in [2.05, 4.69) is 4.98 Å². The SMILES string of the molecule is C[C@@H]1CN(C(=O)c2cc3ccc(C(F)(F)F)cc3[nH]c2=O)C[C@@H](C)C1=O. The number of rotatable bonds is 1. The van der Waals surface area contributed by atoms with E-state index in [1.54, 1.807) is 13.8 Å². The molecule has 2 atom stereocenters. The molecular formula is C18H17F3N2O3. The van der Waals surface area contributed by atoms with Crippen LogP contribution < -0.4 is 5.56 Å². The third-order valence-corrected chi connectivity index (χ3v) is 4.65. The number of likely N-dealkylation sites (tertiary alicyclic amines) is 1. The van der Waals surface area contributed by atoms with Crippen LogP contribution in [-0.2, 0) is 11.0 Å². The van der Waals surface area contributed by atoms with Gasteiger partial charge in [0.1, 0.15) is 11.3 Å². The normalized spacial score (nSPS) is 21.3. The van der Waals surface area contributed by atoms with Crippen molar-refractivity contribution in [2.24, 2.45) is 11.8 Å². The number of nitrogens with zero attached hydrogens (tertiary/aromatic N) is 1. The van der Waals surface area contributed by atoms with Crippen LogP contribution in [0.4, 0.5) is 13.2 Å². The second-order valence-electron chi connectivity index (χ2n) is 6.73. The number of hydrogen-bond acceptors (Lipinski definition) is 3. The number of pyridine rings is 1. The molecule has 0 saturated carbocycles. The number of aromatic amines is 1. The zero-order chi connectivity index (χ0) is 19.2. The summed E-state index contributed by atoms with van der Waals surface area (Å²) in [5, 5.41) is 0.329. The van der Waals surface area contributed by atoms with Gasteiger partial charge in [-0.1, -0.05) is 19.9 Å². The molecule has 8 heteroatoms. The molecule has 1 aliphatic heterocycles. The lowest BCUT2D eigenvalue weighted by Gasteiger charge is -2.33. The fraction of sp³-hybridized carbons (Fsp3) is 0.389. The molecule has 1 fully saturated rings. The van der Waals surface area contributed by atoms with Gasteiger partial charge in [0, 0.05) is 30.4 Å². The smallest absolute Gasteiger partial charge is 0.337 e. The quantitative estimate of drug-likeness (QED) is 0.844. The number of carbonyl (C=O) groups excluding carboxylic acids is 2. The van der Waals surface area contributed by atoms with Crippen molar-refractivity contribution in [3.8, 4) is 0 Å². The summed E-state index contributed by atoms with van der Waals surface area (Å²) in [6, 6.07) is 4.26. The predicted octanol–water partition coefficient (Wildman–Crippen LogP) is 2.84. The minimum absolute atomic E-state index is 0.0110. The van der Waals surface area contributed by atoms with E-state index in [-0.39, 0.29) is 41.8 Å². The van der Waals surface area contributed by atoms with Crippen LogP contribution in [0.15, 0.2) is 29.1 Å². The third kappa shape index (κ3) is 3.23. The maximum Gasteiger partial charge on any atom is 0.416 e. The second kappa shape index (κ2) is 6.26. The first-order valence-corrected chi connectivity index (χ1v) is 8.15. The van der Waals surface area contributed by atoms with E-state index in [0.717, 1.165) is 12.1 Å². The van der Waals surface area contributed by atoms with Crippen molar-refractivity contribution in [3.05, 3.63) is 45.7 Å². The van der Waals surface area contributed by atoms with Gasteiger partial charge >= 0.3 is 6.18 Å². The number of alkyl halides is 3. The highest BCUT2D eigenvalue weighted by atomic mass is 19.4. The fourth-order valence-corrected chi connectivity index (χ4v) is 3.27. The Bertz CT molecular complexity index is 935. The van der Waals surface area contributed by atoms with E-state index in [1.807, 2.05) is 0 Å². The number of carbonyl (C=O) groups is 2. The number of halogens is 3. The number of H-pyrrole nitrogens is 1. The first-order valence-electron chi connectivity index (χ1n) is 8.15. The molecule has 1 N–H and O–H groups in total. The van der Waals surface area contributed by atoms with Gasteiger partial charge in [0.2, 0.25) is 0 Å². The van der Waals surface area contributed by atoms with Crippen LogP contribution >= 0.6 is 0 Å². The van der Waals surface area contributed by atoms with Gasteiger partial charge in [-0.3, -0.25) is 14.4 Å². The molecule has 1 saturated heterocycles. The number of piperidine rings is 1. The predicted molar refractivity (Wildman–Crippen MR) is 88.8 cm³/mol. The van der Waals surface area contributed by atoms with Crippen LogP contribution in [0.2, 0.25) is 0 Å². The van der Waals surface area contributed by atoms with Crippen molar-refractivity contribution in [1.29, 1.82) is 0 Å². The van der Waals surface area contributed by atoms with E-state index in [1.165, 1.54) is 17.0 Å². The van der Waals surface area contributed by atoms with Gasteiger partial charge in [0.05, 0.1) is 5.56 Å². The summed E-state index contributed by atoms with van der Waals surface area (Å²) in [7, 11) is 0. The maximum absolute atomic E-state index is 12.8. The number of ketones is 1. The Balaban J connectivity index is 1.98. The Morgan fingerprint density at radius 2 is 1.73 bits per heavy atom. The minimum Gasteiger partial charge on any atom is -0.337 e. The summed E-state index contributed by atoms with van der Waals surface area (Å²) in [6.45, 7) is 3.88. The molecule has 0 spiro atoms. The van der Waals surface area contributed by atoms with Gasteiger partial charge in [-0.05, 0) is 23.6 Å². The number of aromatic nitrogens is 1. The van der Waals surface area contributed by atoms with Gasteiger partial charge in [0.25, 0.3) is 11.5 Å². The van der Waals surface area contributed by atoms with E-state index < -0.39 is 23.2 Å². The number of nitrogens with one attached hydrogen (secondary N) is 1. The molecule has 0 aliphatic carbocycles. The zero-order valence-corrected chi connectivity index (χ0v) is 14.2. The van der Waals surface area contributed by atoms with E-state index >= 15 is 0 Å². The summed E-state index contributed by atoms with van der Waals surface area (Å²) in [5.74, 6) is -1.10. The summed E-state index contributed by atoms with van der Waals surface area (Å²) in [6.07, 6.45) is -4.52. The number of amides is 1. The summed E-state index contributed by atoms with van der Waals surface area (Å²) >= 11 is 0. The van der Waals surface area contributed by atoms with Crippen molar-refractivity contribution in [2.75, 3.05) is 13.1 Å². The van der Waals surface area contributed by atoms with Crippen LogP contribution in [-0.4, -0.2) is 34.7 Å². The molecule has 1 aromatic heterocycles. The van der Waals surface area contributed by atoms with Gasteiger partial charge in [-0.2, -0.15) is 13.2 Å². The lowest BCUT2D eigenvalue weighted by Crippen LogP contribution is -2.48. The van der Waals surface area contributed by atoms with Gasteiger partial charge in [-0.15, -0.1) is 0 Å². The summed E-state index contributed by atoms with van der Waals surface area (Å²) in [4.78, 5) is 40.6. The van der Waals surface area contributed by atoms with Crippen LogP contribution in [0.3, 0.4) is 0 Å². The summed E-state index contributed by atoms with van der Waals surface area (Å²) < 4.78 is 38.4. The lowest BCUT2D eigenvalue weighted by atomic mass is 9.90. The first-order chi connectivity index (χ1) is 12.1. The Morgan fingerprint density at radius 3 is 2.31 bits per heavy atom. The van der Waals surface area contributed by atoms with E-state index in [9.17, 15) is 27.6 Å². The molecule has 1 amide bonds. The van der Waals surface area contributed by atoms with Crippen molar-refractivity contribution in [3.63, 3.8) is 0 Å². The number of benzene rings is 1. The maximum atomic E-state index is 12.8. The fourth-order valence-electron chi connectivity index (χ4n) is 3.27. The van der Waals surface area contributed by atoms with Crippen molar-refractivity contribution in [1.82, 2.24) is 9.88 Å². The molecule has 0 unspecified atom stereocenters. The molecule has 0 bridgehead atoms. The lowest BCUT2D eigenvalue weighted by molar-refractivity contribution is -0.137. The van der Waals surface area contributed by atoms with Gasteiger partial charge < -0.3 is 9.88 Å². The summed E-state index contributed by atoms with van der Waals surface area (Å²) in [5.41, 5.74) is -1.76. The van der Waals surface area contributed by atoms with E-state index in [0.29, 0.717) is 5.39 Å². The highest BCUT2D eigenvalue weighted by Crippen LogP contribution is 2.31. The van der Waals surface area contributed by atoms with Gasteiger partial charge in [0.15, 0.2) is 0 Å². The average molecular weight is 366 g/mol. The van der Waals surface area contributed by atoms with Crippen LogP contribution in [0.5, 0.6) is 0 Å². The van der Waals surface area contributed by atoms with Crippen LogP contribution in [0, 0.1) is 11.8 Å². The Morgan fingerprint density at radius 1 is 1.12 bits per heavy atom.